The number of carbonyl (C=O) groups is 1. The summed E-state index contributed by atoms with van der Waals surface area (Å²) in [5.74, 6) is -0.820. The fraction of sp³-hybridized carbons (Fsp3) is 0.545. The van der Waals surface area contributed by atoms with Gasteiger partial charge in [-0.1, -0.05) is 0 Å². The quantitative estimate of drug-likeness (QED) is 0.632. The van der Waals surface area contributed by atoms with E-state index in [0.717, 1.165) is 9.75 Å². The minimum atomic E-state index is -0.820. The number of aliphatic carboxylic acids is 1. The van der Waals surface area contributed by atoms with Crippen molar-refractivity contribution in [3.05, 3.63) is 21.9 Å². The lowest BCUT2D eigenvalue weighted by Crippen LogP contribution is -2.35. The number of rotatable bonds is 8. The van der Waals surface area contributed by atoms with Gasteiger partial charge in [0.1, 0.15) is 0 Å². The van der Waals surface area contributed by atoms with Crippen molar-refractivity contribution in [2.24, 2.45) is 0 Å². The van der Waals surface area contributed by atoms with Gasteiger partial charge in [-0.25, -0.2) is 0 Å². The number of methoxy groups -OCH3 is 1. The molecule has 0 aliphatic heterocycles. The Morgan fingerprint density at radius 1 is 1.53 bits per heavy atom. The average Bonchev–Trinajstić information content (AvgIpc) is 2.71. The van der Waals surface area contributed by atoms with E-state index in [1.807, 2.05) is 12.1 Å². The van der Waals surface area contributed by atoms with Gasteiger partial charge in [0.05, 0.1) is 25.7 Å². The lowest BCUT2D eigenvalue weighted by molar-refractivity contribution is -0.136. The molecule has 1 unspecified atom stereocenters. The molecule has 1 atom stereocenters. The minimum Gasteiger partial charge on any atom is -0.481 e. The molecule has 17 heavy (non-hydrogen) atoms. The highest BCUT2D eigenvalue weighted by molar-refractivity contribution is 7.12. The molecule has 3 N–H and O–H groups in total. The van der Waals surface area contributed by atoms with E-state index in [0.29, 0.717) is 13.2 Å². The van der Waals surface area contributed by atoms with Crippen molar-refractivity contribution >= 4 is 17.3 Å². The molecule has 1 rings (SSSR count). The van der Waals surface area contributed by atoms with Crippen LogP contribution in [-0.2, 0) is 22.5 Å². The summed E-state index contributed by atoms with van der Waals surface area (Å²) < 4.78 is 4.94. The Balaban J connectivity index is 2.40. The van der Waals surface area contributed by atoms with E-state index >= 15 is 0 Å². The smallest absolute Gasteiger partial charge is 0.308 e. The first-order valence-corrected chi connectivity index (χ1v) is 6.10. The molecule has 0 spiro atoms. The molecule has 1 aromatic heterocycles. The van der Waals surface area contributed by atoms with Gasteiger partial charge in [0.15, 0.2) is 0 Å². The van der Waals surface area contributed by atoms with Crippen LogP contribution in [0.5, 0.6) is 0 Å². The Kier molecular flexibility index (Phi) is 6.13. The first-order valence-electron chi connectivity index (χ1n) is 5.28. The number of nitrogens with one attached hydrogen (secondary N) is 1. The molecule has 0 bridgehead atoms. The van der Waals surface area contributed by atoms with Crippen molar-refractivity contribution in [3.63, 3.8) is 0 Å². The lowest BCUT2D eigenvalue weighted by Gasteiger charge is -2.14. The monoisotopic (exact) mass is 259 g/mol. The number of hydrogen-bond donors (Lipinski definition) is 3. The standard InChI is InChI=1S/C11H17NO4S/c1-16-7-8(6-13)12-5-10-3-2-9(17-10)4-11(14)15/h2-3,8,12-13H,4-7H2,1H3,(H,14,15). The van der Waals surface area contributed by atoms with E-state index in [9.17, 15) is 4.79 Å². The molecule has 1 heterocycles. The van der Waals surface area contributed by atoms with Crippen molar-refractivity contribution in [3.8, 4) is 0 Å². The molecule has 0 saturated carbocycles. The summed E-state index contributed by atoms with van der Waals surface area (Å²) in [4.78, 5) is 12.4. The third-order valence-electron chi connectivity index (χ3n) is 2.20. The molecule has 0 radical (unpaired) electrons. The Labute approximate surface area is 104 Å². The number of thiophene rings is 1. The van der Waals surface area contributed by atoms with Gasteiger partial charge in [0, 0.05) is 23.4 Å². The predicted molar refractivity (Wildman–Crippen MR) is 65.2 cm³/mol. The Morgan fingerprint density at radius 3 is 2.82 bits per heavy atom. The number of carboxylic acids is 1. The largest absolute Gasteiger partial charge is 0.481 e. The van der Waals surface area contributed by atoms with Crippen LogP contribution in [0, 0.1) is 0 Å². The number of hydrogen-bond acceptors (Lipinski definition) is 5. The number of aliphatic hydroxyl groups is 1. The van der Waals surface area contributed by atoms with Crippen molar-refractivity contribution in [1.29, 1.82) is 0 Å². The number of aliphatic hydroxyl groups excluding tert-OH is 1. The number of ether oxygens (including phenoxy) is 1. The Morgan fingerprint density at radius 2 is 2.24 bits per heavy atom. The molecule has 6 heteroatoms. The van der Waals surface area contributed by atoms with Crippen molar-refractivity contribution in [1.82, 2.24) is 5.32 Å². The van der Waals surface area contributed by atoms with Crippen molar-refractivity contribution < 1.29 is 19.7 Å². The van der Waals surface area contributed by atoms with E-state index in [2.05, 4.69) is 5.32 Å². The molecule has 96 valence electrons. The van der Waals surface area contributed by atoms with Gasteiger partial charge >= 0.3 is 5.97 Å². The summed E-state index contributed by atoms with van der Waals surface area (Å²) in [6.07, 6.45) is 0.0617. The highest BCUT2D eigenvalue weighted by Gasteiger charge is 2.08. The second kappa shape index (κ2) is 7.39. The van der Waals surface area contributed by atoms with Gasteiger partial charge in [0.25, 0.3) is 0 Å². The van der Waals surface area contributed by atoms with Gasteiger partial charge < -0.3 is 20.3 Å². The average molecular weight is 259 g/mol. The van der Waals surface area contributed by atoms with Crippen LogP contribution in [0.25, 0.3) is 0 Å². The molecule has 0 aliphatic rings. The molecular weight excluding hydrogens is 242 g/mol. The highest BCUT2D eigenvalue weighted by atomic mass is 32.1. The van der Waals surface area contributed by atoms with Crippen molar-refractivity contribution in [2.75, 3.05) is 20.3 Å². The second-order valence-electron chi connectivity index (χ2n) is 3.65. The van der Waals surface area contributed by atoms with Gasteiger partial charge in [-0.05, 0) is 12.1 Å². The molecule has 0 amide bonds. The minimum absolute atomic E-state index is 0.0151. The topological polar surface area (TPSA) is 78.8 Å². The summed E-state index contributed by atoms with van der Waals surface area (Å²) in [5.41, 5.74) is 0. The zero-order valence-corrected chi connectivity index (χ0v) is 10.5. The van der Waals surface area contributed by atoms with Gasteiger partial charge in [0.2, 0.25) is 0 Å². The lowest BCUT2D eigenvalue weighted by atomic mass is 10.3. The van der Waals surface area contributed by atoms with E-state index in [1.165, 1.54) is 11.3 Å². The maximum Gasteiger partial charge on any atom is 0.308 e. The summed E-state index contributed by atoms with van der Waals surface area (Å²) in [7, 11) is 1.58. The molecule has 1 aromatic rings. The zero-order valence-electron chi connectivity index (χ0n) is 9.68. The first kappa shape index (κ1) is 14.1. The van der Waals surface area contributed by atoms with Gasteiger partial charge in [-0.2, -0.15) is 0 Å². The first-order chi connectivity index (χ1) is 8.15. The number of carboxylic acid groups (broad SMARTS) is 1. The molecule has 5 nitrogen and oxygen atoms in total. The van der Waals surface area contributed by atoms with E-state index in [4.69, 9.17) is 14.9 Å². The maximum absolute atomic E-state index is 10.5. The van der Waals surface area contributed by atoms with Gasteiger partial charge in [-0.15, -0.1) is 11.3 Å². The van der Waals surface area contributed by atoms with E-state index in [1.54, 1.807) is 7.11 Å². The van der Waals surface area contributed by atoms with Crippen LogP contribution in [-0.4, -0.2) is 42.5 Å². The third-order valence-corrected chi connectivity index (χ3v) is 3.28. The SMILES string of the molecule is COCC(CO)NCc1ccc(CC(=O)O)s1. The van der Waals surface area contributed by atoms with E-state index < -0.39 is 5.97 Å². The summed E-state index contributed by atoms with van der Waals surface area (Å²) in [5, 5.41) is 20.8. The summed E-state index contributed by atoms with van der Waals surface area (Å²) in [6.45, 7) is 1.07. The highest BCUT2D eigenvalue weighted by Crippen LogP contribution is 2.16. The molecule has 0 saturated heterocycles. The van der Waals surface area contributed by atoms with Crippen LogP contribution in [0.15, 0.2) is 12.1 Å². The van der Waals surface area contributed by atoms with Crippen LogP contribution in [0.4, 0.5) is 0 Å². The van der Waals surface area contributed by atoms with E-state index in [-0.39, 0.29) is 19.1 Å². The van der Waals surface area contributed by atoms with Crippen LogP contribution in [0.1, 0.15) is 9.75 Å². The molecule has 0 aliphatic carbocycles. The zero-order chi connectivity index (χ0) is 12.7. The maximum atomic E-state index is 10.5. The molecular formula is C11H17NO4S. The molecule has 0 fully saturated rings. The normalized spacial score (nSPS) is 12.6. The second-order valence-corrected chi connectivity index (χ2v) is 4.91. The van der Waals surface area contributed by atoms with Crippen LogP contribution in [0.3, 0.4) is 0 Å². The fourth-order valence-corrected chi connectivity index (χ4v) is 2.34. The van der Waals surface area contributed by atoms with Crippen LogP contribution >= 0.6 is 11.3 Å². The van der Waals surface area contributed by atoms with Crippen LogP contribution < -0.4 is 5.32 Å². The Bertz CT molecular complexity index is 353. The summed E-state index contributed by atoms with van der Waals surface area (Å²) >= 11 is 1.47. The van der Waals surface area contributed by atoms with Crippen molar-refractivity contribution in [2.45, 2.75) is 19.0 Å². The van der Waals surface area contributed by atoms with Crippen LogP contribution in [0.2, 0.25) is 0 Å². The van der Waals surface area contributed by atoms with Gasteiger partial charge in [-0.3, -0.25) is 4.79 Å². The third kappa shape index (κ3) is 5.27. The summed E-state index contributed by atoms with van der Waals surface area (Å²) in [6, 6.07) is 3.63. The predicted octanol–water partition coefficient (Wildman–Crippen LogP) is 0.472. The molecule has 0 aromatic carbocycles. The Hall–Kier alpha value is -0.950. The fourth-order valence-electron chi connectivity index (χ4n) is 1.38.